The van der Waals surface area contributed by atoms with Gasteiger partial charge in [-0.05, 0) is 43.4 Å². The molecule has 1 aromatic carbocycles. The summed E-state index contributed by atoms with van der Waals surface area (Å²) in [6.07, 6.45) is 3.27. The van der Waals surface area contributed by atoms with Crippen LogP contribution < -0.4 is 11.1 Å². The van der Waals surface area contributed by atoms with Gasteiger partial charge < -0.3 is 11.1 Å². The first-order valence-corrected chi connectivity index (χ1v) is 6.20. The fourth-order valence-corrected chi connectivity index (χ4v) is 1.93. The zero-order chi connectivity index (χ0) is 12.4. The van der Waals surface area contributed by atoms with Gasteiger partial charge in [-0.15, -0.1) is 0 Å². The topological polar surface area (TPSA) is 55.1 Å². The summed E-state index contributed by atoms with van der Waals surface area (Å²) in [5, 5.41) is 2.92. The molecule has 1 amide bonds. The second-order valence-corrected chi connectivity index (χ2v) is 5.02. The van der Waals surface area contributed by atoms with Gasteiger partial charge in [0.25, 0.3) is 0 Å². The van der Waals surface area contributed by atoms with Crippen LogP contribution in [0.3, 0.4) is 0 Å². The predicted molar refractivity (Wildman–Crippen MR) is 69.9 cm³/mol. The van der Waals surface area contributed by atoms with Crippen LogP contribution in [0.25, 0.3) is 0 Å². The molecule has 1 atom stereocenters. The standard InChI is InChI=1S/C14H20N2O/c1-9-4-3-5-13(10(9)2)16-14(17)12(15)8-11-6-7-11/h3-5,11-12H,6-8,15H2,1-2H3,(H,16,17)/t12-/m0/s1. The zero-order valence-electron chi connectivity index (χ0n) is 10.5. The van der Waals surface area contributed by atoms with E-state index >= 15 is 0 Å². The molecule has 0 spiro atoms. The Morgan fingerprint density at radius 1 is 1.47 bits per heavy atom. The summed E-state index contributed by atoms with van der Waals surface area (Å²) < 4.78 is 0. The molecule has 0 aliphatic heterocycles. The number of benzene rings is 1. The van der Waals surface area contributed by atoms with Crippen molar-refractivity contribution in [1.29, 1.82) is 0 Å². The molecule has 1 aromatic rings. The second kappa shape index (κ2) is 4.88. The van der Waals surface area contributed by atoms with Gasteiger partial charge in [-0.1, -0.05) is 25.0 Å². The SMILES string of the molecule is Cc1cccc(NC(=O)[C@@H](N)CC2CC2)c1C. The van der Waals surface area contributed by atoms with Crippen LogP contribution in [0.5, 0.6) is 0 Å². The lowest BCUT2D eigenvalue weighted by molar-refractivity contribution is -0.117. The normalized spacial score (nSPS) is 16.6. The quantitative estimate of drug-likeness (QED) is 0.837. The molecule has 1 aliphatic carbocycles. The van der Waals surface area contributed by atoms with Gasteiger partial charge in [-0.2, -0.15) is 0 Å². The third-order valence-corrected chi connectivity index (χ3v) is 3.48. The summed E-state index contributed by atoms with van der Waals surface area (Å²) in [6.45, 7) is 4.05. The first kappa shape index (κ1) is 12.1. The Morgan fingerprint density at radius 2 is 2.18 bits per heavy atom. The van der Waals surface area contributed by atoms with E-state index in [1.807, 2.05) is 32.0 Å². The summed E-state index contributed by atoms with van der Waals surface area (Å²) in [5.41, 5.74) is 9.05. The van der Waals surface area contributed by atoms with E-state index in [0.29, 0.717) is 5.92 Å². The summed E-state index contributed by atoms with van der Waals surface area (Å²) in [6, 6.07) is 5.53. The maximum Gasteiger partial charge on any atom is 0.241 e. The first-order valence-electron chi connectivity index (χ1n) is 6.20. The van der Waals surface area contributed by atoms with Crippen molar-refractivity contribution < 1.29 is 4.79 Å². The van der Waals surface area contributed by atoms with Gasteiger partial charge >= 0.3 is 0 Å². The molecule has 3 heteroatoms. The lowest BCUT2D eigenvalue weighted by atomic mass is 10.1. The lowest BCUT2D eigenvalue weighted by Crippen LogP contribution is -2.36. The summed E-state index contributed by atoms with van der Waals surface area (Å²) >= 11 is 0. The van der Waals surface area contributed by atoms with E-state index < -0.39 is 0 Å². The molecule has 0 saturated heterocycles. The molecule has 0 unspecified atom stereocenters. The zero-order valence-corrected chi connectivity index (χ0v) is 10.5. The number of amides is 1. The van der Waals surface area contributed by atoms with Crippen molar-refractivity contribution in [3.8, 4) is 0 Å². The van der Waals surface area contributed by atoms with E-state index in [0.717, 1.165) is 17.7 Å². The number of anilines is 1. The average Bonchev–Trinajstić information content (AvgIpc) is 3.08. The molecule has 0 bridgehead atoms. The van der Waals surface area contributed by atoms with Crippen LogP contribution in [0.15, 0.2) is 18.2 Å². The fourth-order valence-electron chi connectivity index (χ4n) is 1.93. The predicted octanol–water partition coefficient (Wildman–Crippen LogP) is 2.37. The summed E-state index contributed by atoms with van der Waals surface area (Å²) in [4.78, 5) is 11.9. The van der Waals surface area contributed by atoms with Gasteiger partial charge in [0.2, 0.25) is 5.91 Å². The van der Waals surface area contributed by atoms with Crippen LogP contribution in [0.4, 0.5) is 5.69 Å². The van der Waals surface area contributed by atoms with Crippen LogP contribution in [-0.4, -0.2) is 11.9 Å². The van der Waals surface area contributed by atoms with Crippen molar-refractivity contribution in [3.63, 3.8) is 0 Å². The molecule has 3 nitrogen and oxygen atoms in total. The van der Waals surface area contributed by atoms with E-state index in [9.17, 15) is 4.79 Å². The van der Waals surface area contributed by atoms with Crippen molar-refractivity contribution in [2.45, 2.75) is 39.2 Å². The molecule has 1 aliphatic rings. The molecule has 17 heavy (non-hydrogen) atoms. The Balaban J connectivity index is 1.99. The average molecular weight is 232 g/mol. The molecule has 0 heterocycles. The highest BCUT2D eigenvalue weighted by Gasteiger charge is 2.27. The van der Waals surface area contributed by atoms with Crippen LogP contribution in [0.1, 0.15) is 30.4 Å². The van der Waals surface area contributed by atoms with E-state index in [4.69, 9.17) is 5.73 Å². The van der Waals surface area contributed by atoms with Crippen molar-refractivity contribution in [1.82, 2.24) is 0 Å². The number of nitrogens with two attached hydrogens (primary N) is 1. The number of carbonyl (C=O) groups excluding carboxylic acids is 1. The largest absolute Gasteiger partial charge is 0.324 e. The lowest BCUT2D eigenvalue weighted by Gasteiger charge is -2.14. The van der Waals surface area contributed by atoms with E-state index in [1.54, 1.807) is 0 Å². The minimum Gasteiger partial charge on any atom is -0.324 e. The number of hydrogen-bond donors (Lipinski definition) is 2. The monoisotopic (exact) mass is 232 g/mol. The Labute approximate surface area is 102 Å². The number of aryl methyl sites for hydroxylation is 1. The molecular weight excluding hydrogens is 212 g/mol. The van der Waals surface area contributed by atoms with E-state index in [2.05, 4.69) is 5.32 Å². The molecule has 1 fully saturated rings. The van der Waals surface area contributed by atoms with Gasteiger partial charge in [0.1, 0.15) is 0 Å². The molecular formula is C14H20N2O. The summed E-state index contributed by atoms with van der Waals surface area (Å²) in [7, 11) is 0. The molecule has 2 rings (SSSR count). The number of rotatable bonds is 4. The highest BCUT2D eigenvalue weighted by atomic mass is 16.2. The Morgan fingerprint density at radius 3 is 2.82 bits per heavy atom. The van der Waals surface area contributed by atoms with Crippen LogP contribution >= 0.6 is 0 Å². The number of nitrogens with one attached hydrogen (secondary N) is 1. The van der Waals surface area contributed by atoms with Gasteiger partial charge in [-0.3, -0.25) is 4.79 Å². The van der Waals surface area contributed by atoms with Crippen molar-refractivity contribution in [3.05, 3.63) is 29.3 Å². The highest BCUT2D eigenvalue weighted by Crippen LogP contribution is 2.33. The van der Waals surface area contributed by atoms with Gasteiger partial charge in [0, 0.05) is 5.69 Å². The molecule has 0 radical (unpaired) electrons. The van der Waals surface area contributed by atoms with Crippen molar-refractivity contribution in [2.24, 2.45) is 11.7 Å². The Hall–Kier alpha value is -1.35. The van der Waals surface area contributed by atoms with Crippen molar-refractivity contribution in [2.75, 3.05) is 5.32 Å². The van der Waals surface area contributed by atoms with Crippen molar-refractivity contribution >= 4 is 11.6 Å². The van der Waals surface area contributed by atoms with E-state index in [1.165, 1.54) is 18.4 Å². The molecule has 3 N–H and O–H groups in total. The third kappa shape index (κ3) is 3.07. The minimum atomic E-state index is -0.373. The fraction of sp³-hybridized carbons (Fsp3) is 0.500. The van der Waals surface area contributed by atoms with Gasteiger partial charge in [0.05, 0.1) is 6.04 Å². The van der Waals surface area contributed by atoms with Crippen LogP contribution in [0, 0.1) is 19.8 Å². The Kier molecular flexibility index (Phi) is 3.48. The molecule has 0 aromatic heterocycles. The van der Waals surface area contributed by atoms with Gasteiger partial charge in [-0.25, -0.2) is 0 Å². The summed E-state index contributed by atoms with van der Waals surface area (Å²) in [5.74, 6) is 0.611. The van der Waals surface area contributed by atoms with Crippen LogP contribution in [0.2, 0.25) is 0 Å². The van der Waals surface area contributed by atoms with E-state index in [-0.39, 0.29) is 11.9 Å². The maximum atomic E-state index is 11.9. The van der Waals surface area contributed by atoms with Gasteiger partial charge in [0.15, 0.2) is 0 Å². The maximum absolute atomic E-state index is 11.9. The number of hydrogen-bond acceptors (Lipinski definition) is 2. The second-order valence-electron chi connectivity index (χ2n) is 5.02. The first-order chi connectivity index (χ1) is 8.08. The Bertz CT molecular complexity index is 424. The van der Waals surface area contributed by atoms with Crippen LogP contribution in [-0.2, 0) is 4.79 Å². The molecule has 92 valence electrons. The minimum absolute atomic E-state index is 0.0643. The highest BCUT2D eigenvalue weighted by molar-refractivity contribution is 5.95. The number of carbonyl (C=O) groups is 1. The third-order valence-electron chi connectivity index (χ3n) is 3.48. The molecule has 1 saturated carbocycles. The smallest absolute Gasteiger partial charge is 0.241 e.